The lowest BCUT2D eigenvalue weighted by atomic mass is 9.97. The van der Waals surface area contributed by atoms with Crippen LogP contribution < -0.4 is 16.2 Å². The smallest absolute Gasteiger partial charge is 0.262 e. The maximum absolute atomic E-state index is 13.0. The van der Waals surface area contributed by atoms with E-state index in [9.17, 15) is 9.59 Å². The second-order valence-electron chi connectivity index (χ2n) is 7.69. The van der Waals surface area contributed by atoms with Crippen molar-refractivity contribution in [3.05, 3.63) is 81.7 Å². The number of rotatable bonds is 5. The first-order chi connectivity index (χ1) is 15.2. The van der Waals surface area contributed by atoms with Crippen LogP contribution in [-0.2, 0) is 24.2 Å². The molecule has 2 N–H and O–H groups in total. The molecule has 0 saturated carbocycles. The fourth-order valence-electron chi connectivity index (χ4n) is 3.97. The summed E-state index contributed by atoms with van der Waals surface area (Å²) in [5.74, 6) is -0.254. The largest absolute Gasteiger partial charge is 0.356 e. The Bertz CT molecular complexity index is 1290. The predicted octanol–water partition coefficient (Wildman–Crippen LogP) is 4.72. The molecular weight excluding hydrogens is 408 g/mol. The molecule has 0 fully saturated rings. The average Bonchev–Trinajstić information content (AvgIpc) is 3.17. The van der Waals surface area contributed by atoms with Gasteiger partial charge in [-0.1, -0.05) is 18.2 Å². The molecule has 0 atom stereocenters. The number of benzene rings is 2. The van der Waals surface area contributed by atoms with Crippen LogP contribution in [0.25, 0.3) is 10.2 Å². The van der Waals surface area contributed by atoms with E-state index in [0.717, 1.165) is 47.5 Å². The van der Waals surface area contributed by atoms with Gasteiger partial charge < -0.3 is 10.6 Å². The summed E-state index contributed by atoms with van der Waals surface area (Å²) in [6.07, 6.45) is 5.69. The molecular formula is C24H22N4O2S. The Labute approximate surface area is 183 Å². The van der Waals surface area contributed by atoms with Crippen molar-refractivity contribution in [1.29, 1.82) is 0 Å². The number of aromatic nitrogens is 2. The third-order valence-corrected chi connectivity index (χ3v) is 6.69. The van der Waals surface area contributed by atoms with Crippen molar-refractivity contribution >= 4 is 44.5 Å². The molecule has 2 aromatic carbocycles. The third-order valence-electron chi connectivity index (χ3n) is 5.49. The Kier molecular flexibility index (Phi) is 5.26. The van der Waals surface area contributed by atoms with Gasteiger partial charge in [-0.2, -0.15) is 0 Å². The maximum atomic E-state index is 13.0. The van der Waals surface area contributed by atoms with Gasteiger partial charge in [0.1, 0.15) is 11.4 Å². The van der Waals surface area contributed by atoms with Crippen LogP contribution in [0.2, 0.25) is 0 Å². The summed E-state index contributed by atoms with van der Waals surface area (Å²) in [4.78, 5) is 32.1. The molecule has 1 aliphatic rings. The third kappa shape index (κ3) is 4.09. The molecule has 5 rings (SSSR count). The lowest BCUT2D eigenvalue weighted by Crippen LogP contribution is -2.28. The number of nitrogens with one attached hydrogen (secondary N) is 2. The molecule has 7 heteroatoms. The Balaban J connectivity index is 1.29. The normalized spacial score (nSPS) is 13.0. The van der Waals surface area contributed by atoms with Gasteiger partial charge in [0.05, 0.1) is 11.7 Å². The Morgan fingerprint density at radius 2 is 1.68 bits per heavy atom. The minimum absolute atomic E-state index is 0.0591. The van der Waals surface area contributed by atoms with Gasteiger partial charge in [0.15, 0.2) is 0 Å². The topological polar surface area (TPSA) is 76.0 Å². The van der Waals surface area contributed by atoms with Crippen molar-refractivity contribution in [1.82, 2.24) is 9.55 Å². The first-order valence-electron chi connectivity index (χ1n) is 10.4. The minimum Gasteiger partial charge on any atom is -0.356 e. The zero-order chi connectivity index (χ0) is 21.2. The molecule has 2 aromatic heterocycles. The zero-order valence-electron chi connectivity index (χ0n) is 16.9. The molecule has 2 heterocycles. The summed E-state index contributed by atoms with van der Waals surface area (Å²) < 4.78 is 1.41. The number of carbonyl (C=O) groups excluding carboxylic acids is 1. The Hall–Kier alpha value is -3.45. The van der Waals surface area contributed by atoms with Gasteiger partial charge in [0.25, 0.3) is 5.56 Å². The second-order valence-corrected chi connectivity index (χ2v) is 8.77. The molecule has 0 saturated heterocycles. The molecule has 1 amide bonds. The van der Waals surface area contributed by atoms with Crippen LogP contribution in [0.1, 0.15) is 23.3 Å². The van der Waals surface area contributed by atoms with Gasteiger partial charge in [0.2, 0.25) is 5.91 Å². The summed E-state index contributed by atoms with van der Waals surface area (Å²) in [5.41, 5.74) is 3.62. The highest BCUT2D eigenvalue weighted by atomic mass is 32.1. The minimum atomic E-state index is -0.254. The number of anilines is 3. The van der Waals surface area contributed by atoms with Gasteiger partial charge in [0, 0.05) is 21.9 Å². The van der Waals surface area contributed by atoms with E-state index in [0.29, 0.717) is 11.1 Å². The van der Waals surface area contributed by atoms with Crippen LogP contribution in [0, 0.1) is 0 Å². The summed E-state index contributed by atoms with van der Waals surface area (Å²) in [7, 11) is 0. The number of hydrogen-bond acceptors (Lipinski definition) is 5. The standard InChI is InChI=1S/C24H22N4O2S/c29-21(27-18-12-10-17(11-13-18)26-16-6-2-1-3-7-16)14-28-15-25-23-22(24(28)30)19-8-4-5-9-20(19)31-23/h1-3,6-7,10-13,15,26H,4-5,8-9,14H2,(H,27,29). The van der Waals surface area contributed by atoms with E-state index < -0.39 is 0 Å². The number of para-hydroxylation sites is 1. The van der Waals surface area contributed by atoms with Crippen molar-refractivity contribution in [2.24, 2.45) is 0 Å². The van der Waals surface area contributed by atoms with Crippen molar-refractivity contribution in [3.8, 4) is 0 Å². The maximum Gasteiger partial charge on any atom is 0.262 e. The molecule has 0 bridgehead atoms. The van der Waals surface area contributed by atoms with Gasteiger partial charge in [-0.3, -0.25) is 14.2 Å². The summed E-state index contributed by atoms with van der Waals surface area (Å²) in [6, 6.07) is 17.4. The van der Waals surface area contributed by atoms with Crippen LogP contribution in [0.4, 0.5) is 17.1 Å². The van der Waals surface area contributed by atoms with Crippen molar-refractivity contribution in [3.63, 3.8) is 0 Å². The number of carbonyl (C=O) groups is 1. The fourth-order valence-corrected chi connectivity index (χ4v) is 5.19. The fraction of sp³-hybridized carbons (Fsp3) is 0.208. The summed E-state index contributed by atoms with van der Waals surface area (Å²) >= 11 is 1.61. The molecule has 156 valence electrons. The summed E-state index contributed by atoms with van der Waals surface area (Å²) in [5, 5.41) is 6.87. The van der Waals surface area contributed by atoms with E-state index in [1.165, 1.54) is 15.8 Å². The monoisotopic (exact) mass is 430 g/mol. The van der Waals surface area contributed by atoms with Gasteiger partial charge in [-0.25, -0.2) is 4.98 Å². The number of amides is 1. The van der Waals surface area contributed by atoms with E-state index in [1.807, 2.05) is 54.6 Å². The molecule has 0 unspecified atom stereocenters. The van der Waals surface area contributed by atoms with Crippen LogP contribution in [-0.4, -0.2) is 15.5 Å². The van der Waals surface area contributed by atoms with Gasteiger partial charge in [-0.05, 0) is 67.6 Å². The first-order valence-corrected chi connectivity index (χ1v) is 11.2. The number of hydrogen-bond donors (Lipinski definition) is 2. The lowest BCUT2D eigenvalue weighted by Gasteiger charge is -2.11. The van der Waals surface area contributed by atoms with Crippen LogP contribution in [0.5, 0.6) is 0 Å². The molecule has 0 radical (unpaired) electrons. The Morgan fingerprint density at radius 3 is 2.48 bits per heavy atom. The molecule has 31 heavy (non-hydrogen) atoms. The highest BCUT2D eigenvalue weighted by Crippen LogP contribution is 2.33. The number of nitrogens with zero attached hydrogens (tertiary/aromatic N) is 2. The molecule has 6 nitrogen and oxygen atoms in total. The zero-order valence-corrected chi connectivity index (χ0v) is 17.7. The van der Waals surface area contributed by atoms with E-state index in [2.05, 4.69) is 15.6 Å². The number of thiophene rings is 1. The van der Waals surface area contributed by atoms with Crippen molar-refractivity contribution in [2.75, 3.05) is 10.6 Å². The van der Waals surface area contributed by atoms with Gasteiger partial charge >= 0.3 is 0 Å². The number of fused-ring (bicyclic) bond motifs is 3. The molecule has 1 aliphatic carbocycles. The molecule has 0 aliphatic heterocycles. The predicted molar refractivity (Wildman–Crippen MR) is 125 cm³/mol. The quantitative estimate of drug-likeness (QED) is 0.480. The van der Waals surface area contributed by atoms with Crippen LogP contribution >= 0.6 is 11.3 Å². The van der Waals surface area contributed by atoms with E-state index in [-0.39, 0.29) is 18.0 Å². The first kappa shape index (κ1) is 19.5. The molecule has 4 aromatic rings. The van der Waals surface area contributed by atoms with E-state index >= 15 is 0 Å². The lowest BCUT2D eigenvalue weighted by molar-refractivity contribution is -0.116. The van der Waals surface area contributed by atoms with Crippen LogP contribution in [0.3, 0.4) is 0 Å². The summed E-state index contributed by atoms with van der Waals surface area (Å²) in [6.45, 7) is -0.0591. The van der Waals surface area contributed by atoms with Crippen molar-refractivity contribution < 1.29 is 4.79 Å². The highest BCUT2D eigenvalue weighted by molar-refractivity contribution is 7.18. The number of aryl methyl sites for hydroxylation is 2. The van der Waals surface area contributed by atoms with Crippen molar-refractivity contribution in [2.45, 2.75) is 32.2 Å². The van der Waals surface area contributed by atoms with E-state index in [1.54, 1.807) is 11.3 Å². The van der Waals surface area contributed by atoms with Gasteiger partial charge in [-0.15, -0.1) is 11.3 Å². The highest BCUT2D eigenvalue weighted by Gasteiger charge is 2.20. The Morgan fingerprint density at radius 1 is 0.968 bits per heavy atom. The van der Waals surface area contributed by atoms with E-state index in [4.69, 9.17) is 0 Å². The SMILES string of the molecule is O=C(Cn1cnc2sc3c(c2c1=O)CCCC3)Nc1ccc(Nc2ccccc2)cc1. The second kappa shape index (κ2) is 8.35. The average molecular weight is 431 g/mol. The molecule has 0 spiro atoms. The van der Waals surface area contributed by atoms with Crippen LogP contribution in [0.15, 0.2) is 65.7 Å².